The van der Waals surface area contributed by atoms with Crippen LogP contribution in [-0.4, -0.2) is 62.7 Å². The van der Waals surface area contributed by atoms with E-state index in [4.69, 9.17) is 0 Å². The molecule has 1 fully saturated rings. The molecule has 1 N–H and O–H groups in total. The second kappa shape index (κ2) is 9.75. The summed E-state index contributed by atoms with van der Waals surface area (Å²) in [4.78, 5) is 4.97. The number of rotatable bonds is 10. The molecule has 1 saturated carbocycles. The molecule has 0 heterocycles. The topological polar surface area (TPSA) is 18.5 Å². The average molecular weight is 284 g/mol. The van der Waals surface area contributed by atoms with Gasteiger partial charge in [0.05, 0.1) is 0 Å². The Kier molecular flexibility index (Phi) is 8.74. The fourth-order valence-corrected chi connectivity index (χ4v) is 3.40. The van der Waals surface area contributed by atoms with Gasteiger partial charge in [0.2, 0.25) is 0 Å². The summed E-state index contributed by atoms with van der Waals surface area (Å²) in [5.74, 6) is 1.66. The van der Waals surface area contributed by atoms with E-state index in [1.54, 1.807) is 0 Å². The first-order valence-corrected chi connectivity index (χ1v) is 8.63. The molecule has 1 aliphatic rings. The molecule has 0 bridgehead atoms. The molecule has 0 radical (unpaired) electrons. The van der Waals surface area contributed by atoms with E-state index in [0.29, 0.717) is 6.04 Å². The number of hydrogen-bond donors (Lipinski definition) is 1. The van der Waals surface area contributed by atoms with E-state index in [-0.39, 0.29) is 0 Å². The lowest BCUT2D eigenvalue weighted by Gasteiger charge is -2.33. The first-order valence-electron chi connectivity index (χ1n) is 8.63. The highest BCUT2D eigenvalue weighted by molar-refractivity contribution is 4.83. The van der Waals surface area contributed by atoms with Crippen LogP contribution in [0.1, 0.15) is 46.5 Å². The van der Waals surface area contributed by atoms with Crippen molar-refractivity contribution in [1.29, 1.82) is 0 Å². The van der Waals surface area contributed by atoms with E-state index in [1.807, 2.05) is 0 Å². The normalized spacial score (nSPS) is 18.6. The quantitative estimate of drug-likeness (QED) is 0.665. The van der Waals surface area contributed by atoms with Crippen LogP contribution in [0.5, 0.6) is 0 Å². The lowest BCUT2D eigenvalue weighted by atomic mass is 9.97. The van der Waals surface area contributed by atoms with Crippen LogP contribution in [-0.2, 0) is 0 Å². The molecule has 20 heavy (non-hydrogen) atoms. The maximum Gasteiger partial charge on any atom is 0.0223 e. The zero-order valence-electron chi connectivity index (χ0n) is 14.5. The third-order valence-electron chi connectivity index (χ3n) is 4.38. The van der Waals surface area contributed by atoms with Gasteiger partial charge in [-0.15, -0.1) is 0 Å². The summed E-state index contributed by atoms with van der Waals surface area (Å²) in [6.07, 6.45) is 5.74. The molecule has 0 spiro atoms. The van der Waals surface area contributed by atoms with Crippen LogP contribution < -0.4 is 5.32 Å². The Bertz CT molecular complexity index is 234. The predicted molar refractivity (Wildman–Crippen MR) is 89.3 cm³/mol. The van der Waals surface area contributed by atoms with Crippen LogP contribution >= 0.6 is 0 Å². The molecule has 3 nitrogen and oxygen atoms in total. The van der Waals surface area contributed by atoms with Gasteiger partial charge in [-0.25, -0.2) is 0 Å². The maximum atomic E-state index is 3.76. The van der Waals surface area contributed by atoms with E-state index in [9.17, 15) is 0 Å². The van der Waals surface area contributed by atoms with Gasteiger partial charge in [0.1, 0.15) is 0 Å². The minimum absolute atomic E-state index is 0.698. The summed E-state index contributed by atoms with van der Waals surface area (Å²) >= 11 is 0. The second-order valence-corrected chi connectivity index (χ2v) is 7.17. The summed E-state index contributed by atoms with van der Waals surface area (Å²) in [7, 11) is 4.35. The van der Waals surface area contributed by atoms with E-state index >= 15 is 0 Å². The van der Waals surface area contributed by atoms with E-state index in [1.165, 1.54) is 45.3 Å². The lowest BCUT2D eigenvalue weighted by molar-refractivity contribution is 0.177. The molecule has 1 rings (SSSR count). The Hall–Kier alpha value is -0.120. The first kappa shape index (κ1) is 17.9. The van der Waals surface area contributed by atoms with Gasteiger partial charge in [-0.2, -0.15) is 0 Å². The van der Waals surface area contributed by atoms with Gasteiger partial charge in [-0.1, -0.05) is 33.6 Å². The molecule has 0 saturated heterocycles. The van der Waals surface area contributed by atoms with Crippen LogP contribution in [0.3, 0.4) is 0 Å². The van der Waals surface area contributed by atoms with Crippen molar-refractivity contribution in [3.63, 3.8) is 0 Å². The highest BCUT2D eigenvalue weighted by Crippen LogP contribution is 2.28. The van der Waals surface area contributed by atoms with Gasteiger partial charge < -0.3 is 15.1 Å². The highest BCUT2D eigenvalue weighted by Gasteiger charge is 2.26. The van der Waals surface area contributed by atoms with Gasteiger partial charge in [0.25, 0.3) is 0 Å². The van der Waals surface area contributed by atoms with Crippen LogP contribution in [0.2, 0.25) is 0 Å². The molecular formula is C17H37N3. The monoisotopic (exact) mass is 283 g/mol. The summed E-state index contributed by atoms with van der Waals surface area (Å²) in [6.45, 7) is 12.8. The average Bonchev–Trinajstić information content (AvgIpc) is 2.88. The van der Waals surface area contributed by atoms with Gasteiger partial charge in [0.15, 0.2) is 0 Å². The molecule has 3 heteroatoms. The Morgan fingerprint density at radius 1 is 1.05 bits per heavy atom. The van der Waals surface area contributed by atoms with Crippen LogP contribution in [0.4, 0.5) is 0 Å². The molecule has 1 aliphatic carbocycles. The summed E-state index contributed by atoms with van der Waals surface area (Å²) in [6, 6.07) is 0.698. The third kappa shape index (κ3) is 7.05. The predicted octanol–water partition coefficient (Wildman–Crippen LogP) is 2.67. The Morgan fingerprint density at radius 3 is 2.20 bits per heavy atom. The van der Waals surface area contributed by atoms with Crippen molar-refractivity contribution in [3.8, 4) is 0 Å². The number of nitrogens with zero attached hydrogens (tertiary/aromatic N) is 2. The third-order valence-corrected chi connectivity index (χ3v) is 4.38. The molecule has 0 aromatic rings. The van der Waals surface area contributed by atoms with Crippen molar-refractivity contribution in [1.82, 2.24) is 15.1 Å². The minimum atomic E-state index is 0.698. The first-order chi connectivity index (χ1) is 9.52. The fraction of sp³-hybridized carbons (Fsp3) is 1.00. The number of likely N-dealkylation sites (N-methyl/N-ethyl adjacent to an activating group) is 2. The minimum Gasteiger partial charge on any atom is -0.313 e. The molecule has 0 aromatic carbocycles. The van der Waals surface area contributed by atoms with E-state index in [0.717, 1.165) is 24.9 Å². The zero-order chi connectivity index (χ0) is 15.0. The van der Waals surface area contributed by atoms with Gasteiger partial charge >= 0.3 is 0 Å². The Labute approximate surface area is 127 Å². The largest absolute Gasteiger partial charge is 0.313 e. The lowest BCUT2D eigenvalue weighted by Crippen LogP contribution is -2.47. The molecule has 1 atom stereocenters. The molecule has 0 aromatic heterocycles. The zero-order valence-corrected chi connectivity index (χ0v) is 14.5. The van der Waals surface area contributed by atoms with Crippen LogP contribution in [0, 0.1) is 11.8 Å². The van der Waals surface area contributed by atoms with E-state index < -0.39 is 0 Å². The summed E-state index contributed by atoms with van der Waals surface area (Å²) in [5, 5.41) is 3.76. The van der Waals surface area contributed by atoms with Gasteiger partial charge in [-0.3, -0.25) is 0 Å². The van der Waals surface area contributed by atoms with Crippen molar-refractivity contribution in [3.05, 3.63) is 0 Å². The molecule has 1 unspecified atom stereocenters. The SMILES string of the molecule is CCNC(CN(CCN(C)C)CC(C)C)C1CCCC1. The van der Waals surface area contributed by atoms with Crippen molar-refractivity contribution in [2.45, 2.75) is 52.5 Å². The molecule has 0 aliphatic heterocycles. The van der Waals surface area contributed by atoms with Crippen molar-refractivity contribution >= 4 is 0 Å². The molecule has 120 valence electrons. The highest BCUT2D eigenvalue weighted by atomic mass is 15.2. The molecular weight excluding hydrogens is 246 g/mol. The summed E-state index contributed by atoms with van der Waals surface area (Å²) < 4.78 is 0. The van der Waals surface area contributed by atoms with Crippen molar-refractivity contribution < 1.29 is 0 Å². The van der Waals surface area contributed by atoms with E-state index in [2.05, 4.69) is 50.0 Å². The van der Waals surface area contributed by atoms with Crippen LogP contribution in [0.15, 0.2) is 0 Å². The standard InChI is InChI=1S/C17H37N3/c1-6-18-17(16-9-7-8-10-16)14-20(13-15(2)3)12-11-19(4)5/h15-18H,6-14H2,1-5H3. The molecule has 0 amide bonds. The van der Waals surface area contributed by atoms with Crippen molar-refractivity contribution in [2.24, 2.45) is 11.8 Å². The van der Waals surface area contributed by atoms with Crippen molar-refractivity contribution in [2.75, 3.05) is 46.8 Å². The number of nitrogens with one attached hydrogen (secondary N) is 1. The Balaban J connectivity index is 2.52. The smallest absolute Gasteiger partial charge is 0.0223 e. The van der Waals surface area contributed by atoms with Gasteiger partial charge in [0, 0.05) is 32.2 Å². The fourth-order valence-electron chi connectivity index (χ4n) is 3.40. The second-order valence-electron chi connectivity index (χ2n) is 7.17. The van der Waals surface area contributed by atoms with Gasteiger partial charge in [-0.05, 0) is 45.3 Å². The number of hydrogen-bond acceptors (Lipinski definition) is 3. The Morgan fingerprint density at radius 2 is 1.70 bits per heavy atom. The summed E-state index contributed by atoms with van der Waals surface area (Å²) in [5.41, 5.74) is 0. The van der Waals surface area contributed by atoms with Crippen LogP contribution in [0.25, 0.3) is 0 Å². The maximum absolute atomic E-state index is 3.76.